The zero-order valence-electron chi connectivity index (χ0n) is 31.8. The molecule has 256 valence electrons. The predicted octanol–water partition coefficient (Wildman–Crippen LogP) is 10.8. The van der Waals surface area contributed by atoms with E-state index in [1.807, 2.05) is 0 Å². The zero-order chi connectivity index (χ0) is 35.4. The van der Waals surface area contributed by atoms with Crippen LogP contribution in [0, 0.1) is 6.92 Å². The molecule has 5 aromatic carbocycles. The molecule has 0 N–H and O–H groups in total. The van der Waals surface area contributed by atoms with Crippen molar-refractivity contribution in [3.63, 3.8) is 0 Å². The molecule has 10 rings (SSSR count). The number of hydrogen-bond donors (Lipinski definition) is 0. The van der Waals surface area contributed by atoms with Crippen molar-refractivity contribution in [1.29, 1.82) is 0 Å². The summed E-state index contributed by atoms with van der Waals surface area (Å²) in [5, 5.41) is 2.34. The van der Waals surface area contributed by atoms with Crippen molar-refractivity contribution in [2.24, 2.45) is 0 Å². The number of rotatable bonds is 1. The highest BCUT2D eigenvalue weighted by molar-refractivity contribution is 7.00. The van der Waals surface area contributed by atoms with Crippen molar-refractivity contribution in [1.82, 2.24) is 0 Å². The van der Waals surface area contributed by atoms with Gasteiger partial charge in [0, 0.05) is 33.6 Å². The highest BCUT2D eigenvalue weighted by Crippen LogP contribution is 2.62. The minimum Gasteiger partial charge on any atom is -0.456 e. The van der Waals surface area contributed by atoms with Gasteiger partial charge >= 0.3 is 0 Å². The molecular weight excluding hydrogens is 619 g/mol. The zero-order valence-corrected chi connectivity index (χ0v) is 31.8. The number of anilines is 5. The minimum absolute atomic E-state index is 0.00271. The number of para-hydroxylation sites is 1. The highest BCUT2D eigenvalue weighted by Gasteiger charge is 2.61. The molecule has 4 heterocycles. The monoisotopic (exact) mass is 668 g/mol. The van der Waals surface area contributed by atoms with Gasteiger partial charge in [-0.2, -0.15) is 0 Å². The summed E-state index contributed by atoms with van der Waals surface area (Å²) in [6.45, 7) is 21.8. The molecule has 51 heavy (non-hydrogen) atoms. The van der Waals surface area contributed by atoms with E-state index >= 15 is 0 Å². The largest absolute Gasteiger partial charge is 0.456 e. The third-order valence-electron chi connectivity index (χ3n) is 13.5. The van der Waals surface area contributed by atoms with Crippen molar-refractivity contribution < 1.29 is 4.42 Å². The lowest BCUT2D eigenvalue weighted by molar-refractivity contribution is 0.195. The van der Waals surface area contributed by atoms with E-state index in [0.717, 1.165) is 16.6 Å². The van der Waals surface area contributed by atoms with Crippen LogP contribution in [0.25, 0.3) is 21.9 Å². The molecule has 1 saturated carbocycles. The van der Waals surface area contributed by atoms with Crippen molar-refractivity contribution in [2.45, 2.75) is 110 Å². The Morgan fingerprint density at radius 1 is 0.667 bits per heavy atom. The topological polar surface area (TPSA) is 19.6 Å². The smallest absolute Gasteiger partial charge is 0.252 e. The van der Waals surface area contributed by atoms with Gasteiger partial charge in [-0.3, -0.25) is 0 Å². The van der Waals surface area contributed by atoms with E-state index in [2.05, 4.69) is 157 Å². The fourth-order valence-corrected chi connectivity index (χ4v) is 10.6. The Morgan fingerprint density at radius 2 is 1.39 bits per heavy atom. The molecule has 1 fully saturated rings. The lowest BCUT2D eigenvalue weighted by atomic mass is 9.33. The normalized spacial score (nSPS) is 21.9. The Bertz CT molecular complexity index is 2480. The van der Waals surface area contributed by atoms with Crippen LogP contribution < -0.4 is 26.2 Å². The quantitative estimate of drug-likeness (QED) is 0.162. The second-order valence-corrected chi connectivity index (χ2v) is 18.6. The Labute approximate surface area is 303 Å². The number of nitrogens with zero attached hydrogens (tertiary/aromatic N) is 2. The molecule has 0 radical (unpaired) electrons. The molecule has 0 amide bonds. The van der Waals surface area contributed by atoms with Gasteiger partial charge in [-0.05, 0) is 113 Å². The molecule has 2 atom stereocenters. The molecule has 4 aliphatic rings. The first kappa shape index (κ1) is 31.3. The SMILES string of the molecule is Cc1cc2c3c(c1)N1c4c(cc(C(C)(C)C)cc4C4(C)CCCCC14C)B3c1ccc(C(C)(C)C)cc1N2c1cccc2oc3ccccc3c12. The first-order valence-electron chi connectivity index (χ1n) is 19.2. The van der Waals surface area contributed by atoms with Crippen LogP contribution in [0.1, 0.15) is 103 Å². The van der Waals surface area contributed by atoms with E-state index < -0.39 is 0 Å². The summed E-state index contributed by atoms with van der Waals surface area (Å²) in [7, 11) is 0. The molecule has 0 bridgehead atoms. The maximum Gasteiger partial charge on any atom is 0.252 e. The summed E-state index contributed by atoms with van der Waals surface area (Å²) in [5.41, 5.74) is 18.6. The van der Waals surface area contributed by atoms with Gasteiger partial charge in [0.2, 0.25) is 0 Å². The first-order chi connectivity index (χ1) is 24.2. The average molecular weight is 669 g/mol. The van der Waals surface area contributed by atoms with Crippen LogP contribution in [0.3, 0.4) is 0 Å². The summed E-state index contributed by atoms with van der Waals surface area (Å²) in [4.78, 5) is 5.46. The predicted molar refractivity (Wildman–Crippen MR) is 218 cm³/mol. The van der Waals surface area contributed by atoms with E-state index in [1.165, 1.54) is 92.6 Å². The van der Waals surface area contributed by atoms with Gasteiger partial charge in [-0.15, -0.1) is 0 Å². The van der Waals surface area contributed by atoms with Crippen LogP contribution in [0.4, 0.5) is 28.4 Å². The van der Waals surface area contributed by atoms with Crippen molar-refractivity contribution in [3.05, 3.63) is 107 Å². The van der Waals surface area contributed by atoms with Crippen molar-refractivity contribution >= 4 is 73.5 Å². The third-order valence-corrected chi connectivity index (χ3v) is 13.5. The summed E-state index contributed by atoms with van der Waals surface area (Å²) in [5.74, 6) is 0. The van der Waals surface area contributed by atoms with Crippen molar-refractivity contribution in [3.8, 4) is 0 Å². The first-order valence-corrected chi connectivity index (χ1v) is 19.2. The molecule has 3 nitrogen and oxygen atoms in total. The van der Waals surface area contributed by atoms with E-state index in [1.54, 1.807) is 5.56 Å². The van der Waals surface area contributed by atoms with E-state index in [9.17, 15) is 0 Å². The van der Waals surface area contributed by atoms with Crippen molar-refractivity contribution in [2.75, 3.05) is 9.80 Å². The third kappa shape index (κ3) is 3.97. The van der Waals surface area contributed by atoms with Crippen LogP contribution in [0.5, 0.6) is 0 Å². The Kier molecular flexibility index (Phi) is 6.08. The van der Waals surface area contributed by atoms with E-state index in [-0.39, 0.29) is 28.5 Å². The molecular formula is C47H49BN2O. The Morgan fingerprint density at radius 3 is 2.18 bits per heavy atom. The molecule has 6 aromatic rings. The molecule has 1 aliphatic carbocycles. The van der Waals surface area contributed by atoms with Crippen LogP contribution in [-0.2, 0) is 16.2 Å². The molecule has 0 saturated heterocycles. The van der Waals surface area contributed by atoms with Gasteiger partial charge in [0.1, 0.15) is 11.2 Å². The second-order valence-electron chi connectivity index (χ2n) is 18.6. The molecule has 4 heteroatoms. The van der Waals surface area contributed by atoms with Crippen LogP contribution in [0.2, 0.25) is 0 Å². The maximum absolute atomic E-state index is 6.52. The molecule has 3 aliphatic heterocycles. The summed E-state index contributed by atoms with van der Waals surface area (Å²) < 4.78 is 6.52. The van der Waals surface area contributed by atoms with Gasteiger partial charge in [0.25, 0.3) is 6.71 Å². The Hall–Kier alpha value is -4.44. The number of fused-ring (bicyclic) bond motifs is 10. The maximum atomic E-state index is 6.52. The molecule has 2 unspecified atom stereocenters. The van der Waals surface area contributed by atoms with Gasteiger partial charge in [0.15, 0.2) is 0 Å². The highest BCUT2D eigenvalue weighted by atomic mass is 16.3. The Balaban J connectivity index is 1.36. The number of hydrogen-bond acceptors (Lipinski definition) is 3. The lowest BCUT2D eigenvalue weighted by Gasteiger charge is -2.53. The lowest BCUT2D eigenvalue weighted by Crippen LogP contribution is -2.64. The molecule has 0 spiro atoms. The molecule has 1 aromatic heterocycles. The number of benzene rings is 5. The van der Waals surface area contributed by atoms with E-state index in [4.69, 9.17) is 4.42 Å². The van der Waals surface area contributed by atoms with E-state index in [0.29, 0.717) is 0 Å². The second kappa shape index (κ2) is 9.91. The van der Waals surface area contributed by atoms with Gasteiger partial charge in [-0.25, -0.2) is 0 Å². The van der Waals surface area contributed by atoms with Crippen LogP contribution in [0.15, 0.2) is 89.3 Å². The fourth-order valence-electron chi connectivity index (χ4n) is 10.6. The average Bonchev–Trinajstić information content (AvgIpc) is 3.56. The fraction of sp³-hybridized carbons (Fsp3) is 0.362. The summed E-state index contributed by atoms with van der Waals surface area (Å²) >= 11 is 0. The van der Waals surface area contributed by atoms with Crippen LogP contribution in [-0.4, -0.2) is 12.3 Å². The van der Waals surface area contributed by atoms with Gasteiger partial charge in [0.05, 0.1) is 16.6 Å². The number of furan rings is 1. The van der Waals surface area contributed by atoms with Crippen LogP contribution >= 0.6 is 0 Å². The van der Waals surface area contributed by atoms with Gasteiger partial charge < -0.3 is 14.2 Å². The van der Waals surface area contributed by atoms with Gasteiger partial charge in [-0.1, -0.05) is 110 Å². The standard InChI is InChI=1S/C47H49BN2O/c1-28-23-37-42-38(24-28)50-43-32(46(8)21-12-13-22-47(46,50)9)25-30(45(5,6)7)26-34(43)48(42)33-20-19-29(44(2,3)4)27-36(33)49(37)35-16-14-18-40-41(35)31-15-10-11-17-39(31)51-40/h10-11,14-20,23-27H,12-13,21-22H2,1-9H3. The summed E-state index contributed by atoms with van der Waals surface area (Å²) in [6.07, 6.45) is 4.99. The minimum atomic E-state index is -0.00660. The number of aryl methyl sites for hydroxylation is 1. The summed E-state index contributed by atoms with van der Waals surface area (Å²) in [6, 6.07) is 32.7.